The highest BCUT2D eigenvalue weighted by molar-refractivity contribution is 9.10. The van der Waals surface area contributed by atoms with E-state index in [1.165, 1.54) is 35.2 Å². The molecule has 4 rings (SSSR count). The summed E-state index contributed by atoms with van der Waals surface area (Å²) >= 11 is 3.47. The minimum atomic E-state index is -4.38. The Labute approximate surface area is 277 Å². The molecule has 240 valence electrons. The van der Waals surface area contributed by atoms with Gasteiger partial charge in [0.25, 0.3) is 15.7 Å². The van der Waals surface area contributed by atoms with Crippen LogP contribution in [-0.4, -0.2) is 48.7 Å². The fourth-order valence-corrected chi connectivity index (χ4v) is 6.71. The van der Waals surface area contributed by atoms with Gasteiger partial charge in [-0.2, -0.15) is 0 Å². The van der Waals surface area contributed by atoms with E-state index in [9.17, 15) is 28.1 Å². The lowest BCUT2D eigenvalue weighted by Gasteiger charge is -2.34. The summed E-state index contributed by atoms with van der Waals surface area (Å²) in [5.41, 5.74) is 1.13. The van der Waals surface area contributed by atoms with Crippen molar-refractivity contribution in [1.82, 2.24) is 10.2 Å². The van der Waals surface area contributed by atoms with Crippen LogP contribution in [0.4, 0.5) is 11.4 Å². The average Bonchev–Trinajstić information content (AvgIpc) is 3.05. The number of hydrogen-bond donors (Lipinski definition) is 1. The van der Waals surface area contributed by atoms with E-state index in [0.29, 0.717) is 12.0 Å². The molecule has 10 nitrogen and oxygen atoms in total. The number of benzene rings is 4. The lowest BCUT2D eigenvalue weighted by molar-refractivity contribution is -0.384. The number of nitro groups is 1. The molecule has 4 aromatic rings. The maximum Gasteiger partial charge on any atom is 0.271 e. The molecule has 0 unspecified atom stereocenters. The van der Waals surface area contributed by atoms with E-state index in [4.69, 9.17) is 0 Å². The quantitative estimate of drug-likeness (QED) is 0.124. The van der Waals surface area contributed by atoms with E-state index in [-0.39, 0.29) is 41.2 Å². The van der Waals surface area contributed by atoms with Crippen LogP contribution in [0.25, 0.3) is 0 Å². The molecule has 0 heterocycles. The molecule has 2 amide bonds. The van der Waals surface area contributed by atoms with Gasteiger partial charge in [-0.15, -0.1) is 0 Å². The topological polar surface area (TPSA) is 130 Å². The molecular weight excluding hydrogens is 672 g/mol. The molecule has 1 N–H and O–H groups in total. The molecule has 12 heteroatoms. The number of sulfonamides is 1. The molecule has 0 radical (unpaired) electrons. The van der Waals surface area contributed by atoms with Crippen molar-refractivity contribution in [1.29, 1.82) is 0 Å². The lowest BCUT2D eigenvalue weighted by Crippen LogP contribution is -2.54. The van der Waals surface area contributed by atoms with Crippen molar-refractivity contribution in [3.05, 3.63) is 135 Å². The number of nitrogens with one attached hydrogen (secondary N) is 1. The Bertz CT molecular complexity index is 1770. The van der Waals surface area contributed by atoms with Crippen LogP contribution in [0.1, 0.15) is 31.4 Å². The first kappa shape index (κ1) is 34.3. The second kappa shape index (κ2) is 15.6. The predicted molar refractivity (Wildman–Crippen MR) is 181 cm³/mol. The number of rotatable bonds is 14. The normalized spacial score (nSPS) is 12.5. The Balaban J connectivity index is 1.83. The van der Waals surface area contributed by atoms with E-state index in [1.807, 2.05) is 68.4 Å². The smallest absolute Gasteiger partial charge is 0.271 e. The molecule has 0 spiro atoms. The van der Waals surface area contributed by atoms with Crippen molar-refractivity contribution in [2.45, 2.75) is 50.2 Å². The molecule has 0 aromatic heterocycles. The third-order valence-electron chi connectivity index (χ3n) is 7.45. The van der Waals surface area contributed by atoms with Crippen LogP contribution < -0.4 is 9.62 Å². The van der Waals surface area contributed by atoms with Crippen LogP contribution >= 0.6 is 15.9 Å². The summed E-state index contributed by atoms with van der Waals surface area (Å²) < 4.78 is 29.7. The molecule has 0 fully saturated rings. The van der Waals surface area contributed by atoms with Gasteiger partial charge in [0.05, 0.1) is 15.5 Å². The molecular formula is C34H35BrN4O6S. The second-order valence-electron chi connectivity index (χ2n) is 10.8. The zero-order chi connectivity index (χ0) is 33.3. The molecule has 0 saturated heterocycles. The van der Waals surface area contributed by atoms with Gasteiger partial charge < -0.3 is 10.2 Å². The maximum absolute atomic E-state index is 14.5. The number of carbonyl (C=O) groups excluding carboxylic acids is 2. The third kappa shape index (κ3) is 8.79. The van der Waals surface area contributed by atoms with Crippen molar-refractivity contribution >= 4 is 49.1 Å². The Morgan fingerprint density at radius 1 is 0.891 bits per heavy atom. The predicted octanol–water partition coefficient (Wildman–Crippen LogP) is 6.11. The van der Waals surface area contributed by atoms with Gasteiger partial charge in [0, 0.05) is 35.6 Å². The monoisotopic (exact) mass is 706 g/mol. The molecule has 0 aliphatic heterocycles. The minimum absolute atomic E-state index is 0.00212. The zero-order valence-corrected chi connectivity index (χ0v) is 27.9. The highest BCUT2D eigenvalue weighted by Gasteiger charge is 2.35. The number of hydrogen-bond acceptors (Lipinski definition) is 6. The molecule has 2 atom stereocenters. The Morgan fingerprint density at radius 3 is 2.15 bits per heavy atom. The Kier molecular flexibility index (Phi) is 11.7. The zero-order valence-electron chi connectivity index (χ0n) is 25.5. The largest absolute Gasteiger partial charge is 0.352 e. The first-order valence-electron chi connectivity index (χ1n) is 14.7. The number of halogens is 1. The minimum Gasteiger partial charge on any atom is -0.352 e. The SMILES string of the molecule is CC[C@@H](C)NC(=O)[C@H](Cc1ccccc1)N(Cc1cccc(Br)c1)C(=O)CN(c1cccc([N+](=O)[O-])c1)S(=O)(=O)c1ccccc1. The van der Waals surface area contributed by atoms with Crippen LogP contribution in [0.3, 0.4) is 0 Å². The van der Waals surface area contributed by atoms with Crippen LogP contribution in [0.5, 0.6) is 0 Å². The number of amides is 2. The summed E-state index contributed by atoms with van der Waals surface area (Å²) in [7, 11) is -4.38. The highest BCUT2D eigenvalue weighted by atomic mass is 79.9. The molecule has 0 aliphatic carbocycles. The molecule has 46 heavy (non-hydrogen) atoms. The van der Waals surface area contributed by atoms with Crippen LogP contribution in [0.2, 0.25) is 0 Å². The first-order valence-corrected chi connectivity index (χ1v) is 16.9. The van der Waals surface area contributed by atoms with Crippen molar-refractivity contribution < 1.29 is 22.9 Å². The second-order valence-corrected chi connectivity index (χ2v) is 13.6. The van der Waals surface area contributed by atoms with E-state index < -0.39 is 33.4 Å². The molecule has 0 saturated carbocycles. The molecule has 0 aliphatic rings. The standard InChI is InChI=1S/C34H35BrN4O6S/c1-3-25(2)36-34(41)32(21-26-12-6-4-7-13-26)37(23-27-14-10-15-28(35)20-27)33(40)24-38(29-16-11-17-30(22-29)39(42)43)46(44,45)31-18-8-5-9-19-31/h4-20,22,25,32H,3,21,23-24H2,1-2H3,(H,36,41)/t25-,32+/m1/s1. The summed E-state index contributed by atoms with van der Waals surface area (Å²) in [4.78, 5) is 40.7. The highest BCUT2D eigenvalue weighted by Crippen LogP contribution is 2.28. The van der Waals surface area contributed by atoms with Crippen LogP contribution in [0, 0.1) is 10.1 Å². The molecule has 0 bridgehead atoms. The number of non-ortho nitro benzene ring substituents is 1. The summed E-state index contributed by atoms with van der Waals surface area (Å²) in [6.45, 7) is 3.09. The van der Waals surface area contributed by atoms with E-state index in [1.54, 1.807) is 18.2 Å². The van der Waals surface area contributed by atoms with Crippen molar-refractivity contribution in [3.8, 4) is 0 Å². The van der Waals surface area contributed by atoms with Crippen LogP contribution in [-0.2, 0) is 32.6 Å². The Morgan fingerprint density at radius 2 is 1.52 bits per heavy atom. The van der Waals surface area contributed by atoms with E-state index in [2.05, 4.69) is 21.2 Å². The summed E-state index contributed by atoms with van der Waals surface area (Å²) in [5, 5.41) is 14.6. The van der Waals surface area contributed by atoms with Gasteiger partial charge in [-0.05, 0) is 54.8 Å². The van der Waals surface area contributed by atoms with Crippen molar-refractivity contribution in [2.24, 2.45) is 0 Å². The summed E-state index contributed by atoms with van der Waals surface area (Å²) in [6.07, 6.45) is 0.838. The van der Waals surface area contributed by atoms with Gasteiger partial charge in [-0.3, -0.25) is 24.0 Å². The average molecular weight is 708 g/mol. The summed E-state index contributed by atoms with van der Waals surface area (Å²) in [5.74, 6) is -1.04. The first-order chi connectivity index (χ1) is 22.0. The number of nitrogens with zero attached hydrogens (tertiary/aromatic N) is 3. The fourth-order valence-electron chi connectivity index (χ4n) is 4.84. The molecule has 4 aromatic carbocycles. The fraction of sp³-hybridized carbons (Fsp3) is 0.235. The van der Waals surface area contributed by atoms with Gasteiger partial charge in [-0.1, -0.05) is 89.6 Å². The lowest BCUT2D eigenvalue weighted by atomic mass is 10.0. The van der Waals surface area contributed by atoms with E-state index in [0.717, 1.165) is 20.4 Å². The van der Waals surface area contributed by atoms with Gasteiger partial charge >= 0.3 is 0 Å². The van der Waals surface area contributed by atoms with Gasteiger partial charge in [0.15, 0.2) is 0 Å². The third-order valence-corrected chi connectivity index (χ3v) is 9.73. The summed E-state index contributed by atoms with van der Waals surface area (Å²) in [6, 6.07) is 28.0. The Hall–Kier alpha value is -4.55. The number of nitro benzene ring substituents is 1. The number of carbonyl (C=O) groups is 2. The van der Waals surface area contributed by atoms with Crippen molar-refractivity contribution in [3.63, 3.8) is 0 Å². The van der Waals surface area contributed by atoms with Gasteiger partial charge in [0.2, 0.25) is 11.8 Å². The maximum atomic E-state index is 14.5. The van der Waals surface area contributed by atoms with Crippen LogP contribution in [0.15, 0.2) is 119 Å². The number of anilines is 1. The van der Waals surface area contributed by atoms with Gasteiger partial charge in [-0.25, -0.2) is 8.42 Å². The van der Waals surface area contributed by atoms with Crippen molar-refractivity contribution in [2.75, 3.05) is 10.8 Å². The van der Waals surface area contributed by atoms with E-state index >= 15 is 0 Å². The van der Waals surface area contributed by atoms with Gasteiger partial charge in [0.1, 0.15) is 12.6 Å².